The van der Waals surface area contributed by atoms with Crippen LogP contribution in [-0.4, -0.2) is 22.8 Å². The zero-order chi connectivity index (χ0) is 18.5. The molecule has 0 fully saturated rings. The van der Waals surface area contributed by atoms with Gasteiger partial charge in [-0.25, -0.2) is 8.78 Å². The molecule has 0 atom stereocenters. The van der Waals surface area contributed by atoms with Gasteiger partial charge in [-0.3, -0.25) is 9.78 Å². The molecule has 1 heterocycles. The average Bonchev–Trinajstić information content (AvgIpc) is 2.64. The monoisotopic (exact) mass is 353 g/mol. The molecule has 6 heteroatoms. The van der Waals surface area contributed by atoms with Crippen molar-refractivity contribution in [1.82, 2.24) is 9.88 Å². The molecule has 0 saturated heterocycles. The maximum Gasteiger partial charge on any atom is 0.272 e. The van der Waals surface area contributed by atoms with Crippen LogP contribution in [0.15, 0.2) is 66.9 Å². The van der Waals surface area contributed by atoms with Crippen molar-refractivity contribution in [3.63, 3.8) is 0 Å². The van der Waals surface area contributed by atoms with Gasteiger partial charge in [-0.15, -0.1) is 0 Å². The summed E-state index contributed by atoms with van der Waals surface area (Å²) in [5.41, 5.74) is 1.84. The second kappa shape index (κ2) is 7.74. The minimum atomic E-state index is -0.712. The number of carbonyl (C=O) groups excluding carboxylic acids is 1. The summed E-state index contributed by atoms with van der Waals surface area (Å²) in [6.07, 6.45) is 1.47. The molecule has 0 aliphatic rings. The molecule has 26 heavy (non-hydrogen) atoms. The van der Waals surface area contributed by atoms with Crippen molar-refractivity contribution in [2.24, 2.45) is 0 Å². The van der Waals surface area contributed by atoms with E-state index in [0.717, 1.165) is 17.7 Å². The van der Waals surface area contributed by atoms with E-state index in [1.54, 1.807) is 18.0 Å². The maximum absolute atomic E-state index is 13.8. The van der Waals surface area contributed by atoms with Crippen LogP contribution in [0.1, 0.15) is 16.1 Å². The Morgan fingerprint density at radius 3 is 2.58 bits per heavy atom. The molecule has 4 nitrogen and oxygen atoms in total. The van der Waals surface area contributed by atoms with E-state index >= 15 is 0 Å². The quantitative estimate of drug-likeness (QED) is 0.741. The van der Waals surface area contributed by atoms with Crippen molar-refractivity contribution < 1.29 is 13.6 Å². The number of pyridine rings is 1. The van der Waals surface area contributed by atoms with Crippen molar-refractivity contribution in [1.29, 1.82) is 0 Å². The Hall–Kier alpha value is -3.28. The van der Waals surface area contributed by atoms with Gasteiger partial charge in [0.15, 0.2) is 0 Å². The summed E-state index contributed by atoms with van der Waals surface area (Å²) in [7, 11) is 1.69. The van der Waals surface area contributed by atoms with E-state index in [0.29, 0.717) is 12.2 Å². The van der Waals surface area contributed by atoms with Crippen molar-refractivity contribution in [2.75, 3.05) is 12.4 Å². The third kappa shape index (κ3) is 4.22. The summed E-state index contributed by atoms with van der Waals surface area (Å²) >= 11 is 0. The summed E-state index contributed by atoms with van der Waals surface area (Å²) in [5.74, 6) is -1.62. The van der Waals surface area contributed by atoms with E-state index < -0.39 is 11.6 Å². The molecular formula is C20H17F2N3O. The molecule has 1 aromatic heterocycles. The summed E-state index contributed by atoms with van der Waals surface area (Å²) in [4.78, 5) is 18.2. The summed E-state index contributed by atoms with van der Waals surface area (Å²) in [5, 5.41) is 2.83. The van der Waals surface area contributed by atoms with Gasteiger partial charge >= 0.3 is 0 Å². The third-order valence-electron chi connectivity index (χ3n) is 3.80. The van der Waals surface area contributed by atoms with Crippen molar-refractivity contribution in [3.05, 3.63) is 89.8 Å². The maximum atomic E-state index is 13.8. The van der Waals surface area contributed by atoms with Gasteiger partial charge in [0.05, 0.1) is 5.69 Å². The van der Waals surface area contributed by atoms with Gasteiger partial charge in [0, 0.05) is 31.5 Å². The van der Waals surface area contributed by atoms with Crippen LogP contribution < -0.4 is 5.32 Å². The fraction of sp³-hybridized carbons (Fsp3) is 0.100. The van der Waals surface area contributed by atoms with Gasteiger partial charge in [-0.2, -0.15) is 0 Å². The normalized spacial score (nSPS) is 10.4. The van der Waals surface area contributed by atoms with Gasteiger partial charge in [-0.05, 0) is 29.8 Å². The second-order valence-electron chi connectivity index (χ2n) is 5.83. The van der Waals surface area contributed by atoms with E-state index in [1.165, 1.54) is 18.3 Å². The highest BCUT2D eigenvalue weighted by molar-refractivity contribution is 5.93. The van der Waals surface area contributed by atoms with Crippen LogP contribution in [0.25, 0.3) is 0 Å². The lowest BCUT2D eigenvalue weighted by Gasteiger charge is -2.17. The van der Waals surface area contributed by atoms with E-state index in [9.17, 15) is 13.6 Å². The first-order chi connectivity index (χ1) is 12.5. The Labute approximate surface area is 150 Å². The highest BCUT2D eigenvalue weighted by Crippen LogP contribution is 2.21. The minimum Gasteiger partial charge on any atom is -0.353 e. The predicted molar refractivity (Wildman–Crippen MR) is 96.1 cm³/mol. The van der Waals surface area contributed by atoms with Gasteiger partial charge < -0.3 is 10.2 Å². The van der Waals surface area contributed by atoms with Crippen LogP contribution in [0, 0.1) is 11.6 Å². The van der Waals surface area contributed by atoms with Crippen LogP contribution in [0.2, 0.25) is 0 Å². The fourth-order valence-electron chi connectivity index (χ4n) is 2.50. The number of carbonyl (C=O) groups is 1. The molecule has 3 rings (SSSR count). The fourth-order valence-corrected chi connectivity index (χ4v) is 2.50. The van der Waals surface area contributed by atoms with Crippen molar-refractivity contribution in [3.8, 4) is 0 Å². The molecule has 1 N–H and O–H groups in total. The Bertz CT molecular complexity index is 916. The molecule has 0 aliphatic carbocycles. The molecular weight excluding hydrogens is 336 g/mol. The highest BCUT2D eigenvalue weighted by atomic mass is 19.1. The van der Waals surface area contributed by atoms with E-state index in [-0.39, 0.29) is 17.3 Å². The van der Waals surface area contributed by atoms with E-state index in [1.807, 2.05) is 30.3 Å². The van der Waals surface area contributed by atoms with Gasteiger partial charge in [-0.1, -0.05) is 30.3 Å². The molecule has 3 aromatic rings. The lowest BCUT2D eigenvalue weighted by atomic mass is 10.2. The van der Waals surface area contributed by atoms with Crippen LogP contribution in [-0.2, 0) is 6.54 Å². The molecule has 0 saturated carbocycles. The lowest BCUT2D eigenvalue weighted by molar-refractivity contribution is 0.0779. The largest absolute Gasteiger partial charge is 0.353 e. The van der Waals surface area contributed by atoms with Crippen LogP contribution in [0.3, 0.4) is 0 Å². The average molecular weight is 353 g/mol. The zero-order valence-corrected chi connectivity index (χ0v) is 14.1. The number of benzene rings is 2. The second-order valence-corrected chi connectivity index (χ2v) is 5.83. The van der Waals surface area contributed by atoms with Crippen LogP contribution >= 0.6 is 0 Å². The van der Waals surface area contributed by atoms with Crippen LogP contribution in [0.5, 0.6) is 0 Å². The van der Waals surface area contributed by atoms with E-state index in [4.69, 9.17) is 0 Å². The molecule has 0 bridgehead atoms. The van der Waals surface area contributed by atoms with Gasteiger partial charge in [0.2, 0.25) is 0 Å². The first-order valence-corrected chi connectivity index (χ1v) is 8.00. The number of halogens is 2. The topological polar surface area (TPSA) is 45.2 Å². The first kappa shape index (κ1) is 17.5. The SMILES string of the molecule is CN(Cc1ccccc1)C(=O)c1cc(Nc2ccc(F)cc2F)ccn1. The summed E-state index contributed by atoms with van der Waals surface area (Å²) in [6, 6.07) is 16.0. The standard InChI is InChI=1S/C20H17F2N3O/c1-25(13-14-5-3-2-4-6-14)20(26)19-12-16(9-10-23-19)24-18-8-7-15(21)11-17(18)22/h2-12H,13H2,1H3,(H,23,24). The smallest absolute Gasteiger partial charge is 0.272 e. The summed E-state index contributed by atoms with van der Waals surface area (Å²) in [6.45, 7) is 0.450. The number of aromatic nitrogens is 1. The minimum absolute atomic E-state index is 0.119. The van der Waals surface area contributed by atoms with Gasteiger partial charge in [0.1, 0.15) is 17.3 Å². The van der Waals surface area contributed by atoms with Crippen LogP contribution in [0.4, 0.5) is 20.2 Å². The number of rotatable bonds is 5. The number of hydrogen-bond acceptors (Lipinski definition) is 3. The molecule has 0 radical (unpaired) electrons. The number of amides is 1. The first-order valence-electron chi connectivity index (χ1n) is 8.00. The lowest BCUT2D eigenvalue weighted by Crippen LogP contribution is -2.27. The van der Waals surface area contributed by atoms with Crippen molar-refractivity contribution in [2.45, 2.75) is 6.54 Å². The number of nitrogens with one attached hydrogen (secondary N) is 1. The van der Waals surface area contributed by atoms with E-state index in [2.05, 4.69) is 10.3 Å². The molecule has 2 aromatic carbocycles. The third-order valence-corrected chi connectivity index (χ3v) is 3.80. The molecule has 1 amide bonds. The predicted octanol–water partition coefficient (Wildman–Crippen LogP) is 4.38. The highest BCUT2D eigenvalue weighted by Gasteiger charge is 2.14. The number of anilines is 2. The Morgan fingerprint density at radius 1 is 1.08 bits per heavy atom. The molecule has 0 unspecified atom stereocenters. The number of nitrogens with zero attached hydrogens (tertiary/aromatic N) is 2. The zero-order valence-electron chi connectivity index (χ0n) is 14.1. The van der Waals surface area contributed by atoms with Crippen molar-refractivity contribution >= 4 is 17.3 Å². The molecule has 0 spiro atoms. The molecule has 132 valence electrons. The van der Waals surface area contributed by atoms with Gasteiger partial charge in [0.25, 0.3) is 5.91 Å². The Balaban J connectivity index is 1.74. The number of hydrogen-bond donors (Lipinski definition) is 1. The Morgan fingerprint density at radius 2 is 1.85 bits per heavy atom. The Kier molecular flexibility index (Phi) is 5.22. The molecule has 0 aliphatic heterocycles. The summed E-state index contributed by atoms with van der Waals surface area (Å²) < 4.78 is 26.8.